The van der Waals surface area contributed by atoms with Crippen molar-refractivity contribution in [3.63, 3.8) is 0 Å². The topological polar surface area (TPSA) is 42.2 Å². The molecule has 3 nitrogen and oxygen atoms in total. The smallest absolute Gasteiger partial charge is 0.147 e. The third kappa shape index (κ3) is 3.09. The van der Waals surface area contributed by atoms with Crippen LogP contribution in [0.25, 0.3) is 0 Å². The van der Waals surface area contributed by atoms with Gasteiger partial charge in [-0.3, -0.25) is 0 Å². The average Bonchev–Trinajstić information content (AvgIpc) is 2.29. The summed E-state index contributed by atoms with van der Waals surface area (Å²) in [6.45, 7) is 6.73. The molecule has 90 valence electrons. The summed E-state index contributed by atoms with van der Waals surface area (Å²) in [7, 11) is 0. The molecule has 0 radical (unpaired) electrons. The molecular weight excluding hydrogens is 222 g/mol. The van der Waals surface area contributed by atoms with Gasteiger partial charge < -0.3 is 10.6 Å². The number of anilines is 1. The van der Waals surface area contributed by atoms with E-state index in [1.165, 1.54) is 0 Å². The second-order valence-electron chi connectivity index (χ2n) is 3.80. The Morgan fingerprint density at radius 3 is 2.44 bits per heavy atom. The lowest BCUT2D eigenvalue weighted by Crippen LogP contribution is -2.26. The lowest BCUT2D eigenvalue weighted by molar-refractivity contribution is 0.733. The van der Waals surface area contributed by atoms with Crippen molar-refractivity contribution in [2.45, 2.75) is 33.2 Å². The Kier molecular flexibility index (Phi) is 5.56. The maximum atomic E-state index is 6.29. The Hall–Kier alpha value is -0.800. The summed E-state index contributed by atoms with van der Waals surface area (Å²) in [6.07, 6.45) is 3.96. The van der Waals surface area contributed by atoms with Gasteiger partial charge in [-0.15, -0.1) is 0 Å². The first-order chi connectivity index (χ1) is 7.74. The molecule has 1 aromatic rings. The molecule has 0 fully saturated rings. The normalized spacial score (nSPS) is 10.5. The van der Waals surface area contributed by atoms with Crippen LogP contribution in [0.2, 0.25) is 5.02 Å². The number of rotatable bonds is 6. The third-order valence-corrected chi connectivity index (χ3v) is 2.87. The average molecular weight is 242 g/mol. The minimum atomic E-state index is 0.459. The number of aromatic nitrogens is 1. The molecule has 16 heavy (non-hydrogen) atoms. The van der Waals surface area contributed by atoms with Crippen molar-refractivity contribution in [3.05, 3.63) is 22.8 Å². The lowest BCUT2D eigenvalue weighted by Gasteiger charge is -2.24. The first-order valence-corrected chi connectivity index (χ1v) is 6.20. The van der Waals surface area contributed by atoms with Crippen LogP contribution in [0.4, 0.5) is 5.82 Å². The molecule has 0 aliphatic rings. The Morgan fingerprint density at radius 1 is 1.31 bits per heavy atom. The highest BCUT2D eigenvalue weighted by molar-refractivity contribution is 6.33. The van der Waals surface area contributed by atoms with Crippen molar-refractivity contribution < 1.29 is 0 Å². The van der Waals surface area contributed by atoms with Crippen molar-refractivity contribution in [1.82, 2.24) is 4.98 Å². The number of hydrogen-bond acceptors (Lipinski definition) is 3. The summed E-state index contributed by atoms with van der Waals surface area (Å²) in [5.41, 5.74) is 6.60. The molecule has 0 aliphatic carbocycles. The fraction of sp³-hybridized carbons (Fsp3) is 0.583. The molecule has 1 aromatic heterocycles. The van der Waals surface area contributed by atoms with Crippen molar-refractivity contribution in [3.8, 4) is 0 Å². The number of nitrogens with two attached hydrogens (primary N) is 1. The van der Waals surface area contributed by atoms with E-state index in [2.05, 4.69) is 23.7 Å². The van der Waals surface area contributed by atoms with Crippen LogP contribution in [-0.4, -0.2) is 18.1 Å². The van der Waals surface area contributed by atoms with Gasteiger partial charge in [0.1, 0.15) is 5.82 Å². The van der Waals surface area contributed by atoms with Crippen LogP contribution in [0.1, 0.15) is 32.3 Å². The molecule has 0 saturated carbocycles. The maximum Gasteiger partial charge on any atom is 0.147 e. The lowest BCUT2D eigenvalue weighted by atomic mass is 10.2. The Balaban J connectivity index is 2.98. The number of hydrogen-bond donors (Lipinski definition) is 1. The molecule has 0 bridgehead atoms. The minimum Gasteiger partial charge on any atom is -0.355 e. The summed E-state index contributed by atoms with van der Waals surface area (Å²) in [5, 5.41) is 0.701. The molecule has 2 N–H and O–H groups in total. The molecule has 0 saturated heterocycles. The van der Waals surface area contributed by atoms with E-state index in [4.69, 9.17) is 17.3 Å². The van der Waals surface area contributed by atoms with Gasteiger partial charge in [-0.1, -0.05) is 25.4 Å². The van der Waals surface area contributed by atoms with Crippen LogP contribution in [0.15, 0.2) is 12.3 Å². The van der Waals surface area contributed by atoms with Crippen molar-refractivity contribution in [2.24, 2.45) is 5.73 Å². The second-order valence-corrected chi connectivity index (χ2v) is 4.18. The van der Waals surface area contributed by atoms with E-state index in [0.29, 0.717) is 11.6 Å². The van der Waals surface area contributed by atoms with Gasteiger partial charge >= 0.3 is 0 Å². The summed E-state index contributed by atoms with van der Waals surface area (Å²) in [4.78, 5) is 6.59. The van der Waals surface area contributed by atoms with E-state index in [1.54, 1.807) is 6.20 Å². The molecule has 0 atom stereocenters. The molecule has 0 aromatic carbocycles. The van der Waals surface area contributed by atoms with E-state index in [-0.39, 0.29) is 0 Å². The highest BCUT2D eigenvalue weighted by Gasteiger charge is 2.12. The van der Waals surface area contributed by atoms with Crippen LogP contribution >= 0.6 is 11.6 Å². The predicted octanol–water partition coefficient (Wildman–Crippen LogP) is 2.82. The van der Waals surface area contributed by atoms with Gasteiger partial charge in [-0.25, -0.2) is 4.98 Å². The molecule has 0 unspecified atom stereocenters. The van der Waals surface area contributed by atoms with E-state index >= 15 is 0 Å². The van der Waals surface area contributed by atoms with Gasteiger partial charge in [0.15, 0.2) is 0 Å². The van der Waals surface area contributed by atoms with Crippen LogP contribution in [0.3, 0.4) is 0 Å². The standard InChI is InChI=1S/C12H20ClN3/c1-3-7-16(8-4-2)12-11(13)10(9-14)5-6-15-12/h5-6H,3-4,7-9,14H2,1-2H3. The second kappa shape index (κ2) is 6.71. The van der Waals surface area contributed by atoms with Gasteiger partial charge in [-0.05, 0) is 24.5 Å². The van der Waals surface area contributed by atoms with Crippen LogP contribution in [0, 0.1) is 0 Å². The molecule has 4 heteroatoms. The number of pyridine rings is 1. The van der Waals surface area contributed by atoms with Crippen molar-refractivity contribution in [1.29, 1.82) is 0 Å². The zero-order chi connectivity index (χ0) is 12.0. The fourth-order valence-electron chi connectivity index (χ4n) is 1.71. The monoisotopic (exact) mass is 241 g/mol. The van der Waals surface area contributed by atoms with Gasteiger partial charge in [0.05, 0.1) is 5.02 Å². The molecular formula is C12H20ClN3. The largest absolute Gasteiger partial charge is 0.355 e. The highest BCUT2D eigenvalue weighted by atomic mass is 35.5. The molecule has 0 aliphatic heterocycles. The Bertz CT molecular complexity index is 322. The zero-order valence-corrected chi connectivity index (χ0v) is 10.8. The maximum absolute atomic E-state index is 6.29. The first-order valence-electron chi connectivity index (χ1n) is 5.82. The van der Waals surface area contributed by atoms with Gasteiger partial charge in [0, 0.05) is 25.8 Å². The molecule has 1 rings (SSSR count). The van der Waals surface area contributed by atoms with Gasteiger partial charge in [0.25, 0.3) is 0 Å². The van der Waals surface area contributed by atoms with Crippen LogP contribution < -0.4 is 10.6 Å². The molecule has 1 heterocycles. The van der Waals surface area contributed by atoms with E-state index in [0.717, 1.165) is 37.3 Å². The van der Waals surface area contributed by atoms with Gasteiger partial charge in [0.2, 0.25) is 0 Å². The van der Waals surface area contributed by atoms with Crippen LogP contribution in [-0.2, 0) is 6.54 Å². The summed E-state index contributed by atoms with van der Waals surface area (Å²) >= 11 is 6.29. The number of halogens is 1. The summed E-state index contributed by atoms with van der Waals surface area (Å²) in [5.74, 6) is 0.869. The summed E-state index contributed by atoms with van der Waals surface area (Å²) in [6, 6.07) is 1.88. The summed E-state index contributed by atoms with van der Waals surface area (Å²) < 4.78 is 0. The fourth-order valence-corrected chi connectivity index (χ4v) is 2.02. The minimum absolute atomic E-state index is 0.459. The SMILES string of the molecule is CCCN(CCC)c1nccc(CN)c1Cl. The third-order valence-electron chi connectivity index (χ3n) is 2.46. The Labute approximate surface area is 103 Å². The van der Waals surface area contributed by atoms with E-state index in [9.17, 15) is 0 Å². The quantitative estimate of drug-likeness (QED) is 0.833. The first kappa shape index (κ1) is 13.3. The van der Waals surface area contributed by atoms with Crippen LogP contribution in [0.5, 0.6) is 0 Å². The molecule has 0 amide bonds. The zero-order valence-electron chi connectivity index (χ0n) is 10.0. The van der Waals surface area contributed by atoms with Crippen molar-refractivity contribution in [2.75, 3.05) is 18.0 Å². The Morgan fingerprint density at radius 2 is 1.94 bits per heavy atom. The highest BCUT2D eigenvalue weighted by Crippen LogP contribution is 2.26. The number of nitrogens with zero attached hydrogens (tertiary/aromatic N) is 2. The predicted molar refractivity (Wildman–Crippen MR) is 69.9 cm³/mol. The van der Waals surface area contributed by atoms with E-state index in [1.807, 2.05) is 6.07 Å². The van der Waals surface area contributed by atoms with Gasteiger partial charge in [-0.2, -0.15) is 0 Å². The van der Waals surface area contributed by atoms with Crippen molar-refractivity contribution >= 4 is 17.4 Å². The van der Waals surface area contributed by atoms with E-state index < -0.39 is 0 Å². The molecule has 0 spiro atoms.